The Hall–Kier alpha value is -12.4. The minimum absolute atomic E-state index is 0.0134. The predicted octanol–water partition coefficient (Wildman–Crippen LogP) is 6.83. The number of carbonyl (C=O) groups excluding carboxylic acids is 12. The van der Waals surface area contributed by atoms with Crippen molar-refractivity contribution in [2.75, 3.05) is 167 Å². The molecule has 0 saturated heterocycles. The molecular weight excluding hydrogens is 1510 g/mol. The number of nitrogen functional groups attached to an aromatic ring is 6. The monoisotopic (exact) mass is 1610 g/mol. The van der Waals surface area contributed by atoms with Crippen molar-refractivity contribution in [3.63, 3.8) is 0 Å². The zero-order chi connectivity index (χ0) is 83.8. The third kappa shape index (κ3) is 43.8. The van der Waals surface area contributed by atoms with Gasteiger partial charge in [0.2, 0.25) is 0 Å². The summed E-state index contributed by atoms with van der Waals surface area (Å²) in [5.41, 5.74) is 38.8. The van der Waals surface area contributed by atoms with Crippen LogP contribution in [0.4, 0.5) is 34.1 Å². The first kappa shape index (κ1) is 94.9. The molecule has 624 valence electrons. The first-order valence-corrected chi connectivity index (χ1v) is 36.5. The fourth-order valence-corrected chi connectivity index (χ4v) is 8.75. The van der Waals surface area contributed by atoms with Gasteiger partial charge in [-0.2, -0.15) is 0 Å². The maximum Gasteiger partial charge on any atom is 0.347 e. The fraction of sp³-hybridized carbons (Fsp3) is 0.400. The lowest BCUT2D eigenvalue weighted by molar-refractivity contribution is -0.156. The average Bonchev–Trinajstić information content (AvgIpc) is 0.887. The van der Waals surface area contributed by atoms with E-state index in [-0.39, 0.29) is 168 Å². The lowest BCUT2D eigenvalue weighted by Crippen LogP contribution is -2.28. The molecule has 0 amide bonds. The Morgan fingerprint density at radius 2 is 0.435 bits per heavy atom. The number of carbonyl (C=O) groups is 12. The van der Waals surface area contributed by atoms with E-state index in [9.17, 15) is 57.5 Å². The molecule has 0 fully saturated rings. The van der Waals surface area contributed by atoms with E-state index in [4.69, 9.17) is 115 Å². The van der Waals surface area contributed by atoms with Gasteiger partial charge < -0.3 is 115 Å². The number of benzene rings is 6. The Morgan fingerprint density at radius 3 is 0.696 bits per heavy atom. The number of hydrogen-bond acceptors (Lipinski definition) is 35. The van der Waals surface area contributed by atoms with Crippen LogP contribution in [-0.2, 0) is 109 Å². The van der Waals surface area contributed by atoms with Gasteiger partial charge in [0.15, 0.2) is 12.2 Å². The van der Waals surface area contributed by atoms with Crippen LogP contribution in [0.3, 0.4) is 0 Å². The highest BCUT2D eigenvalue weighted by molar-refractivity contribution is 5.94. The number of esters is 12. The van der Waals surface area contributed by atoms with Crippen molar-refractivity contribution >= 4 is 106 Å². The molecule has 2 unspecified atom stereocenters. The summed E-state index contributed by atoms with van der Waals surface area (Å²) in [7, 11) is 0. The number of anilines is 6. The Bertz CT molecular complexity index is 3680. The van der Waals surface area contributed by atoms with Crippen LogP contribution in [0.5, 0.6) is 0 Å². The van der Waals surface area contributed by atoms with Crippen molar-refractivity contribution in [2.24, 2.45) is 0 Å². The summed E-state index contributed by atoms with van der Waals surface area (Å²) in [5, 5.41) is 0. The summed E-state index contributed by atoms with van der Waals surface area (Å²) in [4.78, 5) is 142. The summed E-state index contributed by atoms with van der Waals surface area (Å²) >= 11 is 0. The molecule has 35 nitrogen and oxygen atoms in total. The minimum Gasteiger partial charge on any atom is -0.463 e. The standard InChI is InChI=1S/C30H40N2O9.C26H32N2O11.C24H28N2O9/c31-25-13-9-23(10-14-25)29(35)40-17-5-1-3-7-27(33)38-21-19-37-20-22-39-28(34)8-4-2-6-18-41-30(36)24-11-15-26(32)16-12-24;27-21-5-1-19(2-6-21)25(31)38-15-11-34-17-23(29)36-13-9-33-10-14-37-24(30)18-35-12-16-39-26(32)20-3-7-22(28)8-4-20;1-15(34-23(29)17-3-7-19(25)8-4-17)21(27)32-13-11-31-12-14-33-22(28)16(2)35-24(30)18-5-9-20(26)10-6-18/h9-16H,1-8,17-22,31-32H2;1-8H,9-18,27-28H2;3-10,15-16H,11-14,25-26H2,1-2H3. The number of unbranched alkanes of at least 4 members (excludes halogenated alkanes) is 4. The molecular formula is C80H100N6O29. The number of nitrogens with two attached hydrogens (primary N) is 6. The van der Waals surface area contributed by atoms with Crippen LogP contribution < -0.4 is 34.4 Å². The largest absolute Gasteiger partial charge is 0.463 e. The molecule has 2 atom stereocenters. The van der Waals surface area contributed by atoms with Crippen LogP contribution in [0.15, 0.2) is 146 Å². The molecule has 0 bridgehead atoms. The van der Waals surface area contributed by atoms with Gasteiger partial charge in [0.05, 0.1) is 99.4 Å². The van der Waals surface area contributed by atoms with E-state index in [0.717, 1.165) is 12.8 Å². The van der Waals surface area contributed by atoms with Gasteiger partial charge in [-0.05, 0) is 198 Å². The molecule has 6 aromatic carbocycles. The second-order valence-electron chi connectivity index (χ2n) is 24.2. The molecule has 115 heavy (non-hydrogen) atoms. The molecule has 0 heterocycles. The molecule has 0 saturated carbocycles. The van der Waals surface area contributed by atoms with Gasteiger partial charge >= 0.3 is 71.6 Å². The average molecular weight is 1610 g/mol. The summed E-state index contributed by atoms with van der Waals surface area (Å²) in [6.07, 6.45) is 2.33. The first-order valence-electron chi connectivity index (χ1n) is 36.5. The van der Waals surface area contributed by atoms with E-state index in [1.807, 2.05) is 0 Å². The maximum absolute atomic E-state index is 12.0. The Labute approximate surface area is 664 Å². The van der Waals surface area contributed by atoms with Crippen molar-refractivity contribution < 1.29 is 138 Å². The zero-order valence-electron chi connectivity index (χ0n) is 64.1. The Balaban J connectivity index is 0.000000364. The van der Waals surface area contributed by atoms with E-state index < -0.39 is 71.9 Å². The summed E-state index contributed by atoms with van der Waals surface area (Å²) in [6.45, 7) is 3.41. The van der Waals surface area contributed by atoms with Crippen molar-refractivity contribution in [1.82, 2.24) is 0 Å². The van der Waals surface area contributed by atoms with Gasteiger partial charge in [-0.1, -0.05) is 0 Å². The van der Waals surface area contributed by atoms with E-state index in [1.54, 1.807) is 121 Å². The highest BCUT2D eigenvalue weighted by Gasteiger charge is 2.23. The van der Waals surface area contributed by atoms with Gasteiger partial charge in [-0.3, -0.25) is 9.59 Å². The quantitative estimate of drug-likeness (QED) is 0.00985. The fourth-order valence-electron chi connectivity index (χ4n) is 8.75. The summed E-state index contributed by atoms with van der Waals surface area (Å²) in [6, 6.07) is 37.7. The summed E-state index contributed by atoms with van der Waals surface area (Å²) < 4.78 is 86.5. The van der Waals surface area contributed by atoms with E-state index in [2.05, 4.69) is 0 Å². The normalized spacial score (nSPS) is 11.0. The summed E-state index contributed by atoms with van der Waals surface area (Å²) in [5.74, 6) is -6.53. The van der Waals surface area contributed by atoms with Crippen LogP contribution in [0.25, 0.3) is 0 Å². The molecule has 12 N–H and O–H groups in total. The Morgan fingerprint density at radius 1 is 0.226 bits per heavy atom. The molecule has 0 aliphatic heterocycles. The molecule has 6 aromatic rings. The van der Waals surface area contributed by atoms with Gasteiger partial charge in [0.1, 0.15) is 66.1 Å². The van der Waals surface area contributed by atoms with Crippen LogP contribution in [-0.4, -0.2) is 216 Å². The molecule has 0 spiro atoms. The zero-order valence-corrected chi connectivity index (χ0v) is 64.1. The smallest absolute Gasteiger partial charge is 0.347 e. The van der Waals surface area contributed by atoms with Crippen molar-refractivity contribution in [3.05, 3.63) is 179 Å². The number of rotatable bonds is 50. The van der Waals surface area contributed by atoms with Crippen molar-refractivity contribution in [2.45, 2.75) is 77.4 Å². The van der Waals surface area contributed by atoms with Crippen molar-refractivity contribution in [1.29, 1.82) is 0 Å². The topological polar surface area (TPSA) is 518 Å². The molecule has 35 heteroatoms. The number of ether oxygens (including phenoxy) is 17. The van der Waals surface area contributed by atoms with E-state index >= 15 is 0 Å². The van der Waals surface area contributed by atoms with Crippen molar-refractivity contribution in [3.8, 4) is 0 Å². The predicted molar refractivity (Wildman–Crippen MR) is 413 cm³/mol. The lowest BCUT2D eigenvalue weighted by atomic mass is 10.2. The Kier molecular flexibility index (Phi) is 46.8. The molecule has 0 aromatic heterocycles. The molecule has 0 radical (unpaired) electrons. The van der Waals surface area contributed by atoms with Gasteiger partial charge in [-0.25, -0.2) is 47.9 Å². The number of hydrogen-bond donors (Lipinski definition) is 6. The SMILES string of the molecule is CC(OC(=O)c1ccc(N)cc1)C(=O)OCCOCCOC(=O)C(C)OC(=O)c1ccc(N)cc1.Nc1ccc(C(=O)OCCCCCC(=O)OCCOCCOC(=O)CCCCCOC(=O)c2ccc(N)cc2)cc1.Nc1ccc(C(=O)OCCOCC(=O)OCCOCCOC(=O)COCCOC(=O)c2ccc(N)cc2)cc1. The molecule has 6 rings (SSSR count). The van der Waals surface area contributed by atoms with E-state index in [1.165, 1.54) is 38.1 Å². The van der Waals surface area contributed by atoms with Crippen LogP contribution in [0.2, 0.25) is 0 Å². The lowest BCUT2D eigenvalue weighted by Gasteiger charge is -2.14. The van der Waals surface area contributed by atoms with Crippen LogP contribution in [0, 0.1) is 0 Å². The first-order chi connectivity index (χ1) is 55.4. The third-order valence-electron chi connectivity index (χ3n) is 14.9. The van der Waals surface area contributed by atoms with Gasteiger partial charge in [0.25, 0.3) is 0 Å². The molecule has 0 aliphatic rings. The van der Waals surface area contributed by atoms with Gasteiger partial charge in [-0.15, -0.1) is 0 Å². The highest BCUT2D eigenvalue weighted by Crippen LogP contribution is 2.15. The van der Waals surface area contributed by atoms with Crippen LogP contribution in [0.1, 0.15) is 127 Å². The van der Waals surface area contributed by atoms with Gasteiger partial charge in [0, 0.05) is 47.0 Å². The molecule has 0 aliphatic carbocycles. The minimum atomic E-state index is -1.11. The third-order valence-corrected chi connectivity index (χ3v) is 14.9. The second-order valence-corrected chi connectivity index (χ2v) is 24.2. The highest BCUT2D eigenvalue weighted by atomic mass is 16.6. The van der Waals surface area contributed by atoms with Crippen LogP contribution >= 0.6 is 0 Å². The maximum atomic E-state index is 12.0. The van der Waals surface area contributed by atoms with E-state index in [0.29, 0.717) is 82.1 Å². The second kappa shape index (κ2) is 56.7.